The Morgan fingerprint density at radius 2 is 2.33 bits per heavy atom. The van der Waals surface area contributed by atoms with Crippen LogP contribution in [0.5, 0.6) is 0 Å². The molecule has 0 bridgehead atoms. The van der Waals surface area contributed by atoms with Crippen molar-refractivity contribution in [1.82, 2.24) is 20.6 Å². The fourth-order valence-electron chi connectivity index (χ4n) is 1.82. The van der Waals surface area contributed by atoms with E-state index in [2.05, 4.69) is 20.6 Å². The highest BCUT2D eigenvalue weighted by molar-refractivity contribution is 8.00. The third-order valence-electron chi connectivity index (χ3n) is 2.85. The highest BCUT2D eigenvalue weighted by Gasteiger charge is 2.14. The Hall–Kier alpha value is -1.14. The first-order valence-corrected chi connectivity index (χ1v) is 7.23. The summed E-state index contributed by atoms with van der Waals surface area (Å²) in [4.78, 5) is 19.6. The molecule has 0 aromatic carbocycles. The Morgan fingerprint density at radius 1 is 1.50 bits per heavy atom. The van der Waals surface area contributed by atoms with Crippen molar-refractivity contribution in [2.75, 3.05) is 18.8 Å². The lowest BCUT2D eigenvalue weighted by molar-refractivity contribution is -0.118. The molecule has 18 heavy (non-hydrogen) atoms. The van der Waals surface area contributed by atoms with Crippen LogP contribution >= 0.6 is 11.8 Å². The number of carbonyl (C=O) groups excluding carboxylic acids is 1. The number of aromatic nitrogens is 2. The molecule has 5 nitrogen and oxygen atoms in total. The maximum Gasteiger partial charge on any atom is 0.230 e. The minimum Gasteiger partial charge on any atom is -0.350 e. The van der Waals surface area contributed by atoms with Crippen molar-refractivity contribution in [3.63, 3.8) is 0 Å². The summed E-state index contributed by atoms with van der Waals surface area (Å²) in [6.45, 7) is 2.62. The van der Waals surface area contributed by atoms with E-state index in [1.165, 1.54) is 6.33 Å². The van der Waals surface area contributed by atoms with Gasteiger partial charge in [-0.15, -0.1) is 11.8 Å². The lowest BCUT2D eigenvalue weighted by Gasteiger charge is -2.21. The van der Waals surface area contributed by atoms with Gasteiger partial charge in [0, 0.05) is 11.4 Å². The van der Waals surface area contributed by atoms with E-state index in [0.717, 1.165) is 31.6 Å². The molecule has 1 aliphatic rings. The molecule has 1 fully saturated rings. The molecule has 0 saturated carbocycles. The van der Waals surface area contributed by atoms with Crippen LogP contribution in [0.25, 0.3) is 0 Å². The van der Waals surface area contributed by atoms with Crippen molar-refractivity contribution in [2.45, 2.75) is 24.6 Å². The van der Waals surface area contributed by atoms with Crippen molar-refractivity contribution >= 4 is 17.7 Å². The molecule has 0 spiro atoms. The number of piperidine rings is 1. The quantitative estimate of drug-likeness (QED) is 0.816. The van der Waals surface area contributed by atoms with Crippen LogP contribution in [0, 0.1) is 0 Å². The third kappa shape index (κ3) is 4.62. The van der Waals surface area contributed by atoms with Gasteiger partial charge in [-0.05, 0) is 32.0 Å². The summed E-state index contributed by atoms with van der Waals surface area (Å²) >= 11 is 1.76. The fourth-order valence-corrected chi connectivity index (χ4v) is 2.88. The van der Waals surface area contributed by atoms with Gasteiger partial charge < -0.3 is 10.6 Å². The molecular formula is C12H18N4OS. The monoisotopic (exact) mass is 266 g/mol. The van der Waals surface area contributed by atoms with Gasteiger partial charge in [0.05, 0.1) is 18.0 Å². The van der Waals surface area contributed by atoms with E-state index in [-0.39, 0.29) is 5.91 Å². The number of amides is 1. The van der Waals surface area contributed by atoms with Crippen LogP contribution in [0.1, 0.15) is 18.5 Å². The van der Waals surface area contributed by atoms with Gasteiger partial charge in [0.2, 0.25) is 5.91 Å². The van der Waals surface area contributed by atoms with Crippen LogP contribution in [0.15, 0.2) is 18.6 Å². The molecule has 0 radical (unpaired) electrons. The number of nitrogens with one attached hydrogen (secondary N) is 2. The van der Waals surface area contributed by atoms with Crippen LogP contribution in [-0.2, 0) is 11.3 Å². The van der Waals surface area contributed by atoms with Gasteiger partial charge in [0.15, 0.2) is 0 Å². The summed E-state index contributed by atoms with van der Waals surface area (Å²) < 4.78 is 0. The van der Waals surface area contributed by atoms with Gasteiger partial charge in [-0.1, -0.05) is 0 Å². The number of carbonyl (C=O) groups is 1. The Labute approximate surface area is 111 Å². The summed E-state index contributed by atoms with van der Waals surface area (Å²) in [6.07, 6.45) is 5.48. The topological polar surface area (TPSA) is 66.9 Å². The van der Waals surface area contributed by atoms with Crippen LogP contribution in [0.3, 0.4) is 0 Å². The summed E-state index contributed by atoms with van der Waals surface area (Å²) in [5, 5.41) is 6.82. The average molecular weight is 266 g/mol. The predicted octanol–water partition coefficient (Wildman–Crippen LogP) is 0.578. The zero-order chi connectivity index (χ0) is 12.6. The van der Waals surface area contributed by atoms with Crippen LogP contribution in [0.4, 0.5) is 0 Å². The van der Waals surface area contributed by atoms with E-state index in [1.54, 1.807) is 24.0 Å². The predicted molar refractivity (Wildman–Crippen MR) is 72.2 cm³/mol. The largest absolute Gasteiger partial charge is 0.350 e. The molecule has 1 aromatic heterocycles. The first-order chi connectivity index (χ1) is 8.84. The highest BCUT2D eigenvalue weighted by atomic mass is 32.2. The lowest BCUT2D eigenvalue weighted by atomic mass is 10.2. The van der Waals surface area contributed by atoms with Crippen LogP contribution in [0.2, 0.25) is 0 Å². The molecule has 6 heteroatoms. The van der Waals surface area contributed by atoms with Crippen molar-refractivity contribution in [3.05, 3.63) is 24.3 Å². The SMILES string of the molecule is O=C(CSC1CCNCC1)NCc1ccncn1. The highest BCUT2D eigenvalue weighted by Crippen LogP contribution is 2.19. The van der Waals surface area contributed by atoms with Crippen LogP contribution in [-0.4, -0.2) is 40.0 Å². The van der Waals surface area contributed by atoms with Gasteiger partial charge in [-0.2, -0.15) is 0 Å². The molecule has 98 valence electrons. The molecule has 1 saturated heterocycles. The van der Waals surface area contributed by atoms with Gasteiger partial charge in [-0.25, -0.2) is 9.97 Å². The number of thioether (sulfide) groups is 1. The van der Waals surface area contributed by atoms with E-state index in [1.807, 2.05) is 0 Å². The minimum atomic E-state index is 0.0807. The van der Waals surface area contributed by atoms with E-state index < -0.39 is 0 Å². The molecule has 0 atom stereocenters. The summed E-state index contributed by atoms with van der Waals surface area (Å²) in [5.41, 5.74) is 0.838. The van der Waals surface area contributed by atoms with Gasteiger partial charge in [-0.3, -0.25) is 4.79 Å². The van der Waals surface area contributed by atoms with E-state index in [4.69, 9.17) is 0 Å². The molecule has 2 rings (SSSR count). The van der Waals surface area contributed by atoms with E-state index in [9.17, 15) is 4.79 Å². The van der Waals surface area contributed by atoms with Gasteiger partial charge in [0.1, 0.15) is 6.33 Å². The summed E-state index contributed by atoms with van der Waals surface area (Å²) in [6, 6.07) is 1.81. The van der Waals surface area contributed by atoms with E-state index >= 15 is 0 Å². The smallest absolute Gasteiger partial charge is 0.230 e. The second-order valence-electron chi connectivity index (χ2n) is 4.24. The van der Waals surface area contributed by atoms with Crippen molar-refractivity contribution in [3.8, 4) is 0 Å². The second kappa shape index (κ2) is 7.33. The average Bonchev–Trinajstić information content (AvgIpc) is 2.45. The molecular weight excluding hydrogens is 248 g/mol. The Balaban J connectivity index is 1.63. The third-order valence-corrected chi connectivity index (χ3v) is 4.22. The molecule has 0 unspecified atom stereocenters. The van der Waals surface area contributed by atoms with Crippen LogP contribution < -0.4 is 10.6 Å². The zero-order valence-electron chi connectivity index (χ0n) is 10.3. The number of hydrogen-bond acceptors (Lipinski definition) is 5. The van der Waals surface area contributed by atoms with Crippen molar-refractivity contribution < 1.29 is 4.79 Å². The second-order valence-corrected chi connectivity index (χ2v) is 5.53. The Morgan fingerprint density at radius 3 is 3.06 bits per heavy atom. The summed E-state index contributed by atoms with van der Waals surface area (Å²) in [5.74, 6) is 0.618. The first-order valence-electron chi connectivity index (χ1n) is 6.18. The Kier molecular flexibility index (Phi) is 5.41. The zero-order valence-corrected chi connectivity index (χ0v) is 11.1. The number of hydrogen-bond donors (Lipinski definition) is 2. The van der Waals surface area contributed by atoms with Crippen molar-refractivity contribution in [1.29, 1.82) is 0 Å². The first kappa shape index (κ1) is 13.3. The maximum atomic E-state index is 11.7. The number of nitrogens with zero attached hydrogens (tertiary/aromatic N) is 2. The lowest BCUT2D eigenvalue weighted by Crippen LogP contribution is -2.31. The van der Waals surface area contributed by atoms with Crippen molar-refractivity contribution in [2.24, 2.45) is 0 Å². The molecule has 1 aliphatic heterocycles. The van der Waals surface area contributed by atoms with E-state index in [0.29, 0.717) is 17.5 Å². The molecule has 0 aliphatic carbocycles. The minimum absolute atomic E-state index is 0.0807. The molecule has 1 aromatic rings. The molecule has 2 N–H and O–H groups in total. The summed E-state index contributed by atoms with van der Waals surface area (Å²) in [7, 11) is 0. The number of rotatable bonds is 5. The fraction of sp³-hybridized carbons (Fsp3) is 0.583. The van der Waals surface area contributed by atoms with Gasteiger partial charge >= 0.3 is 0 Å². The normalized spacial score (nSPS) is 16.4. The molecule has 2 heterocycles. The Bertz CT molecular complexity index is 368. The standard InChI is InChI=1S/C12H18N4OS/c17-12(8-18-11-2-5-13-6-3-11)15-7-10-1-4-14-9-16-10/h1,4,9,11,13H,2-3,5-8H2,(H,15,17). The van der Waals surface area contributed by atoms with Gasteiger partial charge in [0.25, 0.3) is 0 Å². The maximum absolute atomic E-state index is 11.7. The molecule has 1 amide bonds.